The minimum absolute atomic E-state index is 0.267. The number of imidazole rings is 1. The van der Waals surface area contributed by atoms with Gasteiger partial charge in [0.15, 0.2) is 5.82 Å². The molecule has 0 saturated heterocycles. The van der Waals surface area contributed by atoms with Gasteiger partial charge >= 0.3 is 5.97 Å². The number of Topliss-reactive ketones (excluding diaryl/α,β-unsaturated/α-hetero) is 1. The Morgan fingerprint density at radius 3 is 2.64 bits per heavy atom. The summed E-state index contributed by atoms with van der Waals surface area (Å²) >= 11 is 0. The van der Waals surface area contributed by atoms with Crippen LogP contribution in [0.15, 0.2) is 12.4 Å². The van der Waals surface area contributed by atoms with E-state index < -0.39 is 11.9 Å². The van der Waals surface area contributed by atoms with Crippen LogP contribution < -0.4 is 0 Å². The molecule has 0 amide bonds. The van der Waals surface area contributed by atoms with Gasteiger partial charge in [0, 0.05) is 19.4 Å². The summed E-state index contributed by atoms with van der Waals surface area (Å²) in [5.74, 6) is -1.41. The molecule has 0 fully saturated rings. The highest BCUT2D eigenvalue weighted by atomic mass is 16.5. The van der Waals surface area contributed by atoms with Gasteiger partial charge in [-0.15, -0.1) is 0 Å². The lowest BCUT2D eigenvalue weighted by molar-refractivity contribution is -0.143. The van der Waals surface area contributed by atoms with Gasteiger partial charge in [-0.1, -0.05) is 0 Å². The molecule has 76 valence electrons. The van der Waals surface area contributed by atoms with E-state index in [-0.39, 0.29) is 11.6 Å². The second kappa shape index (κ2) is 4.04. The van der Waals surface area contributed by atoms with Crippen molar-refractivity contribution in [3.8, 4) is 0 Å². The van der Waals surface area contributed by atoms with Crippen LogP contribution in [0.3, 0.4) is 0 Å². The number of methoxy groups -OCH3 is 1. The van der Waals surface area contributed by atoms with E-state index in [0.29, 0.717) is 0 Å². The number of rotatable bonds is 3. The van der Waals surface area contributed by atoms with Crippen molar-refractivity contribution in [2.75, 3.05) is 7.11 Å². The Balaban J connectivity index is 2.86. The molecule has 0 bridgehead atoms. The fourth-order valence-corrected chi connectivity index (χ4v) is 1.08. The van der Waals surface area contributed by atoms with Crippen molar-refractivity contribution in [3.05, 3.63) is 18.2 Å². The SMILES string of the molecule is COC(=O)C(C)C(=O)c1nccn1C. The molecule has 0 aliphatic carbocycles. The molecule has 1 aromatic rings. The maximum Gasteiger partial charge on any atom is 0.316 e. The summed E-state index contributed by atoms with van der Waals surface area (Å²) in [5.41, 5.74) is 0. The average molecular weight is 196 g/mol. The zero-order chi connectivity index (χ0) is 10.7. The Bertz CT molecular complexity index is 357. The van der Waals surface area contributed by atoms with Crippen LogP contribution in [0.1, 0.15) is 17.5 Å². The Labute approximate surface area is 81.7 Å². The summed E-state index contributed by atoms with van der Waals surface area (Å²) in [6.45, 7) is 1.50. The summed E-state index contributed by atoms with van der Waals surface area (Å²) < 4.78 is 6.05. The Morgan fingerprint density at radius 2 is 2.21 bits per heavy atom. The molecule has 1 rings (SSSR count). The highest BCUT2D eigenvalue weighted by Crippen LogP contribution is 2.07. The first-order valence-electron chi connectivity index (χ1n) is 4.17. The molecule has 1 atom stereocenters. The fourth-order valence-electron chi connectivity index (χ4n) is 1.08. The predicted molar refractivity (Wildman–Crippen MR) is 48.7 cm³/mol. The van der Waals surface area contributed by atoms with Gasteiger partial charge in [0.2, 0.25) is 5.78 Å². The lowest BCUT2D eigenvalue weighted by atomic mass is 10.1. The van der Waals surface area contributed by atoms with Crippen molar-refractivity contribution in [2.45, 2.75) is 6.92 Å². The van der Waals surface area contributed by atoms with Crippen LogP contribution in [-0.2, 0) is 16.6 Å². The third kappa shape index (κ3) is 1.81. The summed E-state index contributed by atoms with van der Waals surface area (Å²) in [6.07, 6.45) is 3.16. The number of esters is 1. The number of ketones is 1. The van der Waals surface area contributed by atoms with E-state index in [1.54, 1.807) is 17.8 Å². The molecular weight excluding hydrogens is 184 g/mol. The van der Waals surface area contributed by atoms with E-state index in [1.807, 2.05) is 0 Å². The number of hydrogen-bond donors (Lipinski definition) is 0. The summed E-state index contributed by atoms with van der Waals surface area (Å²) in [5, 5.41) is 0. The van der Waals surface area contributed by atoms with Gasteiger partial charge in [0.25, 0.3) is 0 Å². The van der Waals surface area contributed by atoms with Crippen molar-refractivity contribution in [1.82, 2.24) is 9.55 Å². The molecule has 0 aliphatic heterocycles. The normalized spacial score (nSPS) is 12.2. The van der Waals surface area contributed by atoms with Crippen molar-refractivity contribution < 1.29 is 14.3 Å². The van der Waals surface area contributed by atoms with Gasteiger partial charge in [-0.05, 0) is 6.92 Å². The van der Waals surface area contributed by atoms with Gasteiger partial charge in [0.05, 0.1) is 7.11 Å². The third-order valence-corrected chi connectivity index (χ3v) is 1.99. The van der Waals surface area contributed by atoms with Crippen LogP contribution >= 0.6 is 0 Å². The first-order valence-corrected chi connectivity index (χ1v) is 4.17. The summed E-state index contributed by atoms with van der Waals surface area (Å²) in [7, 11) is 2.95. The fraction of sp³-hybridized carbons (Fsp3) is 0.444. The number of nitrogens with zero attached hydrogens (tertiary/aromatic N) is 2. The number of carbonyl (C=O) groups excluding carboxylic acids is 2. The summed E-state index contributed by atoms with van der Waals surface area (Å²) in [6, 6.07) is 0. The maximum atomic E-state index is 11.6. The van der Waals surface area contributed by atoms with Crippen molar-refractivity contribution >= 4 is 11.8 Å². The molecule has 0 N–H and O–H groups in total. The van der Waals surface area contributed by atoms with Gasteiger partial charge in [-0.2, -0.15) is 0 Å². The molecule has 0 aliphatic rings. The van der Waals surface area contributed by atoms with Gasteiger partial charge < -0.3 is 9.30 Å². The molecule has 0 saturated carbocycles. The molecule has 0 aromatic carbocycles. The topological polar surface area (TPSA) is 61.2 Å². The predicted octanol–water partition coefficient (Wildman–Crippen LogP) is 0.412. The molecule has 1 aromatic heterocycles. The average Bonchev–Trinajstić information content (AvgIpc) is 2.61. The number of aryl methyl sites for hydroxylation is 1. The Hall–Kier alpha value is -1.65. The molecule has 5 heteroatoms. The molecule has 14 heavy (non-hydrogen) atoms. The largest absolute Gasteiger partial charge is 0.468 e. The monoisotopic (exact) mass is 196 g/mol. The van der Waals surface area contributed by atoms with Crippen molar-refractivity contribution in [2.24, 2.45) is 13.0 Å². The Morgan fingerprint density at radius 1 is 1.57 bits per heavy atom. The van der Waals surface area contributed by atoms with Crippen molar-refractivity contribution in [3.63, 3.8) is 0 Å². The lowest BCUT2D eigenvalue weighted by Gasteiger charge is -2.07. The first kappa shape index (κ1) is 10.4. The maximum absolute atomic E-state index is 11.6. The highest BCUT2D eigenvalue weighted by Gasteiger charge is 2.25. The molecule has 0 radical (unpaired) electrons. The van der Waals surface area contributed by atoms with Crippen LogP contribution in [0, 0.1) is 5.92 Å². The van der Waals surface area contributed by atoms with Crippen LogP contribution in [0.4, 0.5) is 0 Å². The molecular formula is C9H12N2O3. The molecule has 1 unspecified atom stereocenters. The van der Waals surface area contributed by atoms with E-state index in [9.17, 15) is 9.59 Å². The van der Waals surface area contributed by atoms with E-state index in [2.05, 4.69) is 9.72 Å². The third-order valence-electron chi connectivity index (χ3n) is 1.99. The zero-order valence-corrected chi connectivity index (χ0v) is 8.35. The smallest absolute Gasteiger partial charge is 0.316 e. The minimum atomic E-state index is -0.805. The van der Waals surface area contributed by atoms with Gasteiger partial charge in [0.1, 0.15) is 5.92 Å². The molecule has 1 heterocycles. The van der Waals surface area contributed by atoms with Crippen LogP contribution in [0.2, 0.25) is 0 Å². The number of carbonyl (C=O) groups is 2. The van der Waals surface area contributed by atoms with Gasteiger partial charge in [-0.3, -0.25) is 9.59 Å². The standard InChI is InChI=1S/C9H12N2O3/c1-6(9(13)14-3)7(12)8-10-4-5-11(8)2/h4-6H,1-3H3. The van der Waals surface area contributed by atoms with Crippen molar-refractivity contribution in [1.29, 1.82) is 0 Å². The second-order valence-corrected chi connectivity index (χ2v) is 2.97. The van der Waals surface area contributed by atoms with Crippen LogP contribution in [0.5, 0.6) is 0 Å². The lowest BCUT2D eigenvalue weighted by Crippen LogP contribution is -2.24. The highest BCUT2D eigenvalue weighted by molar-refractivity contribution is 6.06. The quantitative estimate of drug-likeness (QED) is 0.399. The van der Waals surface area contributed by atoms with E-state index in [1.165, 1.54) is 20.2 Å². The zero-order valence-electron chi connectivity index (χ0n) is 8.35. The van der Waals surface area contributed by atoms with E-state index in [4.69, 9.17) is 0 Å². The van der Waals surface area contributed by atoms with Crippen LogP contribution in [-0.4, -0.2) is 28.4 Å². The number of hydrogen-bond acceptors (Lipinski definition) is 4. The number of aromatic nitrogens is 2. The van der Waals surface area contributed by atoms with E-state index >= 15 is 0 Å². The van der Waals surface area contributed by atoms with Crippen LogP contribution in [0.25, 0.3) is 0 Å². The summed E-state index contributed by atoms with van der Waals surface area (Å²) in [4.78, 5) is 26.6. The number of ether oxygens (including phenoxy) is 1. The molecule has 5 nitrogen and oxygen atoms in total. The Kier molecular flexibility index (Phi) is 3.01. The second-order valence-electron chi connectivity index (χ2n) is 2.97. The first-order chi connectivity index (χ1) is 6.57. The minimum Gasteiger partial charge on any atom is -0.468 e. The van der Waals surface area contributed by atoms with E-state index in [0.717, 1.165) is 0 Å². The molecule has 0 spiro atoms. The van der Waals surface area contributed by atoms with Gasteiger partial charge in [-0.25, -0.2) is 4.98 Å².